The van der Waals surface area contributed by atoms with Crippen molar-refractivity contribution >= 4 is 74.0 Å². The molecule has 0 saturated heterocycles. The zero-order valence-corrected chi connectivity index (χ0v) is 22.6. The summed E-state index contributed by atoms with van der Waals surface area (Å²) >= 11 is 12.0. The standard InChI is InChI=1S/C23H25BrClN3O3S2/c1-23(13-4-14-32-3)15-27(26-20(23)16-5-9-18(25)10-6-16)21(29)28(33-22(30)31-2)19-11-7-17(24)8-12-19/h5-12H,4,13-15H2,1-3H3. The highest BCUT2D eigenvalue weighted by Gasteiger charge is 2.42. The number of hydrazone groups is 1. The number of thioether (sulfide) groups is 1. The number of anilines is 1. The molecule has 0 aromatic heterocycles. The van der Waals surface area contributed by atoms with Crippen LogP contribution in [0.15, 0.2) is 58.1 Å². The van der Waals surface area contributed by atoms with Gasteiger partial charge in [0.1, 0.15) is 0 Å². The van der Waals surface area contributed by atoms with Gasteiger partial charge in [-0.2, -0.15) is 16.9 Å². The Morgan fingerprint density at radius 1 is 1.21 bits per heavy atom. The summed E-state index contributed by atoms with van der Waals surface area (Å²) in [4.78, 5) is 25.7. The Bertz CT molecular complexity index is 1020. The number of urea groups is 1. The van der Waals surface area contributed by atoms with Crippen LogP contribution in [0.4, 0.5) is 15.3 Å². The van der Waals surface area contributed by atoms with E-state index in [9.17, 15) is 9.59 Å². The first kappa shape index (κ1) is 25.9. The monoisotopic (exact) mass is 569 g/mol. The van der Waals surface area contributed by atoms with Gasteiger partial charge in [0.2, 0.25) is 0 Å². The number of hydrogen-bond donors (Lipinski definition) is 0. The fourth-order valence-electron chi connectivity index (χ4n) is 3.61. The molecule has 1 atom stereocenters. The summed E-state index contributed by atoms with van der Waals surface area (Å²) in [6, 6.07) is 14.2. The second-order valence-electron chi connectivity index (χ2n) is 7.77. The Morgan fingerprint density at radius 3 is 2.48 bits per heavy atom. The number of carbonyl (C=O) groups is 2. The van der Waals surface area contributed by atoms with Gasteiger partial charge in [-0.25, -0.2) is 18.9 Å². The summed E-state index contributed by atoms with van der Waals surface area (Å²) in [5, 5.41) is 6.25. The van der Waals surface area contributed by atoms with Crippen molar-refractivity contribution in [2.24, 2.45) is 10.5 Å². The molecule has 2 amide bonds. The summed E-state index contributed by atoms with van der Waals surface area (Å²) in [5.74, 6) is 1.03. The summed E-state index contributed by atoms with van der Waals surface area (Å²) in [7, 11) is 1.29. The van der Waals surface area contributed by atoms with E-state index in [1.54, 1.807) is 23.9 Å². The minimum absolute atomic E-state index is 0.333. The van der Waals surface area contributed by atoms with Crippen molar-refractivity contribution in [3.8, 4) is 0 Å². The molecule has 33 heavy (non-hydrogen) atoms. The highest BCUT2D eigenvalue weighted by atomic mass is 79.9. The van der Waals surface area contributed by atoms with E-state index in [0.717, 1.165) is 34.3 Å². The van der Waals surface area contributed by atoms with Gasteiger partial charge in [-0.05, 0) is 66.8 Å². The van der Waals surface area contributed by atoms with E-state index in [4.69, 9.17) is 21.4 Å². The van der Waals surface area contributed by atoms with Crippen LogP contribution in [0, 0.1) is 5.41 Å². The van der Waals surface area contributed by atoms with E-state index in [2.05, 4.69) is 29.1 Å². The van der Waals surface area contributed by atoms with Crippen molar-refractivity contribution in [1.29, 1.82) is 0 Å². The van der Waals surface area contributed by atoms with Gasteiger partial charge in [-0.1, -0.05) is 46.6 Å². The molecule has 6 nitrogen and oxygen atoms in total. The molecule has 0 saturated carbocycles. The molecule has 10 heteroatoms. The van der Waals surface area contributed by atoms with Gasteiger partial charge in [0, 0.05) is 14.9 Å². The molecule has 0 aliphatic carbocycles. The number of hydrogen-bond acceptors (Lipinski definition) is 6. The van der Waals surface area contributed by atoms with Crippen molar-refractivity contribution in [1.82, 2.24) is 5.01 Å². The molecule has 2 aromatic rings. The van der Waals surface area contributed by atoms with Crippen molar-refractivity contribution < 1.29 is 14.3 Å². The number of methoxy groups -OCH3 is 1. The molecule has 0 radical (unpaired) electrons. The summed E-state index contributed by atoms with van der Waals surface area (Å²) in [6.07, 6.45) is 3.96. The number of amides is 2. The third-order valence-electron chi connectivity index (χ3n) is 5.27. The molecular formula is C23H25BrClN3O3S2. The van der Waals surface area contributed by atoms with Crippen molar-refractivity contribution in [3.63, 3.8) is 0 Å². The maximum Gasteiger partial charge on any atom is 0.388 e. The Kier molecular flexibility index (Phi) is 9.15. The molecule has 0 N–H and O–H groups in total. The fraction of sp³-hybridized carbons (Fsp3) is 0.348. The molecular weight excluding hydrogens is 546 g/mol. The van der Waals surface area contributed by atoms with Gasteiger partial charge < -0.3 is 4.74 Å². The Balaban J connectivity index is 1.95. The van der Waals surface area contributed by atoms with Crippen LogP contribution in [0.2, 0.25) is 5.02 Å². The zero-order valence-electron chi connectivity index (χ0n) is 18.6. The Morgan fingerprint density at radius 2 is 1.88 bits per heavy atom. The highest BCUT2D eigenvalue weighted by molar-refractivity contribution is 9.10. The van der Waals surface area contributed by atoms with E-state index < -0.39 is 11.3 Å². The van der Waals surface area contributed by atoms with Crippen LogP contribution in [-0.2, 0) is 4.74 Å². The average molecular weight is 571 g/mol. The molecule has 1 unspecified atom stereocenters. The van der Waals surface area contributed by atoms with Crippen molar-refractivity contribution in [2.75, 3.05) is 30.0 Å². The molecule has 1 aliphatic heterocycles. The van der Waals surface area contributed by atoms with E-state index in [0.29, 0.717) is 29.2 Å². The number of nitrogens with zero attached hydrogens (tertiary/aromatic N) is 3. The predicted molar refractivity (Wildman–Crippen MR) is 142 cm³/mol. The maximum atomic E-state index is 13.6. The summed E-state index contributed by atoms with van der Waals surface area (Å²) in [6.45, 7) is 2.54. The predicted octanol–water partition coefficient (Wildman–Crippen LogP) is 7.31. The SMILES string of the molecule is COC(=O)SN(C(=O)N1CC(C)(CCCSC)C(c2ccc(Cl)cc2)=N1)c1ccc(Br)cc1. The van der Waals surface area contributed by atoms with E-state index >= 15 is 0 Å². The van der Waals surface area contributed by atoms with Gasteiger partial charge in [0.25, 0.3) is 0 Å². The lowest BCUT2D eigenvalue weighted by molar-refractivity contribution is 0.198. The second kappa shape index (κ2) is 11.6. The van der Waals surface area contributed by atoms with Crippen LogP contribution in [0.3, 0.4) is 0 Å². The molecule has 0 fully saturated rings. The van der Waals surface area contributed by atoms with Crippen molar-refractivity contribution in [2.45, 2.75) is 19.8 Å². The van der Waals surface area contributed by atoms with Gasteiger partial charge in [-0.15, -0.1) is 0 Å². The lowest BCUT2D eigenvalue weighted by Crippen LogP contribution is -2.39. The minimum atomic E-state index is -0.588. The molecule has 1 aliphatic rings. The lowest BCUT2D eigenvalue weighted by Gasteiger charge is -2.28. The topological polar surface area (TPSA) is 62.2 Å². The molecule has 0 spiro atoms. The van der Waals surface area contributed by atoms with Crippen LogP contribution in [0.25, 0.3) is 0 Å². The van der Waals surface area contributed by atoms with Crippen LogP contribution in [-0.4, -0.2) is 47.7 Å². The summed E-state index contributed by atoms with van der Waals surface area (Å²) < 4.78 is 6.98. The minimum Gasteiger partial charge on any atom is -0.460 e. The van der Waals surface area contributed by atoms with Crippen LogP contribution in [0.1, 0.15) is 25.3 Å². The number of carbonyl (C=O) groups excluding carboxylic acids is 2. The smallest absolute Gasteiger partial charge is 0.388 e. The number of ether oxygens (including phenoxy) is 1. The molecule has 176 valence electrons. The van der Waals surface area contributed by atoms with Crippen LogP contribution < -0.4 is 4.31 Å². The molecule has 3 rings (SSSR count). The summed E-state index contributed by atoms with van der Waals surface area (Å²) in [5.41, 5.74) is 1.99. The largest absolute Gasteiger partial charge is 0.460 e. The highest BCUT2D eigenvalue weighted by Crippen LogP contribution is 2.38. The third-order valence-corrected chi connectivity index (χ3v) is 7.62. The van der Waals surface area contributed by atoms with E-state index in [-0.39, 0.29) is 5.41 Å². The molecule has 2 aromatic carbocycles. The normalized spacial score (nSPS) is 17.6. The third kappa shape index (κ3) is 6.47. The number of halogens is 2. The Labute approximate surface area is 216 Å². The first-order valence-corrected chi connectivity index (χ1v) is 13.6. The van der Waals surface area contributed by atoms with Crippen molar-refractivity contribution in [3.05, 3.63) is 63.6 Å². The van der Waals surface area contributed by atoms with Gasteiger partial charge in [-0.3, -0.25) is 0 Å². The fourth-order valence-corrected chi connectivity index (χ4v) is 5.05. The van der Waals surface area contributed by atoms with Crippen LogP contribution >= 0.6 is 51.2 Å². The number of benzene rings is 2. The first-order chi connectivity index (χ1) is 15.8. The van der Waals surface area contributed by atoms with Gasteiger partial charge in [0.05, 0.1) is 37.0 Å². The first-order valence-electron chi connectivity index (χ1n) is 10.2. The van der Waals surface area contributed by atoms with Crippen LogP contribution in [0.5, 0.6) is 0 Å². The second-order valence-corrected chi connectivity index (χ2v) is 11.0. The lowest BCUT2D eigenvalue weighted by atomic mass is 9.78. The average Bonchev–Trinajstić information content (AvgIpc) is 3.15. The maximum absolute atomic E-state index is 13.6. The Hall–Kier alpha value is -1.68. The van der Waals surface area contributed by atoms with Gasteiger partial charge >= 0.3 is 11.3 Å². The van der Waals surface area contributed by atoms with Gasteiger partial charge in [0.15, 0.2) is 0 Å². The molecule has 1 heterocycles. The van der Waals surface area contributed by atoms with E-state index in [1.165, 1.54) is 16.4 Å². The quantitative estimate of drug-likeness (QED) is 0.207. The zero-order chi connectivity index (χ0) is 24.0. The number of rotatable bonds is 6. The van der Waals surface area contributed by atoms with E-state index in [1.807, 2.05) is 36.4 Å². The molecule has 0 bridgehead atoms.